The molecule has 0 aromatic heterocycles. The van der Waals surface area contributed by atoms with E-state index in [-0.39, 0.29) is 18.1 Å². The Labute approximate surface area is 65.6 Å². The molecule has 0 unspecified atom stereocenters. The van der Waals surface area contributed by atoms with E-state index in [0.717, 1.165) is 0 Å². The molecule has 5 heteroatoms. The first-order chi connectivity index (χ1) is 5.00. The van der Waals surface area contributed by atoms with Crippen LogP contribution in [0.15, 0.2) is 0 Å². The van der Waals surface area contributed by atoms with Crippen LogP contribution in [0.1, 0.15) is 13.8 Å². The van der Waals surface area contributed by atoms with Crippen molar-refractivity contribution in [3.63, 3.8) is 0 Å². The molecule has 0 aliphatic carbocycles. The molecule has 0 saturated carbocycles. The van der Waals surface area contributed by atoms with Gasteiger partial charge in [0.25, 0.3) is 0 Å². The molecule has 0 heterocycles. The lowest BCUT2D eigenvalue weighted by atomic mass is 10.1. The number of aliphatic hydroxyl groups excluding tert-OH is 1. The van der Waals surface area contributed by atoms with Crippen LogP contribution in [0.2, 0.25) is 0 Å². The van der Waals surface area contributed by atoms with Crippen molar-refractivity contribution in [1.29, 1.82) is 0 Å². The Hall–Kier alpha value is -0.680. The molecular weight excluding hydrogens is 148 g/mol. The van der Waals surface area contributed by atoms with Gasteiger partial charge in [0.05, 0.1) is 13.2 Å². The summed E-state index contributed by atoms with van der Waals surface area (Å²) in [5, 5.41) is 21.5. The molecule has 0 spiro atoms. The molecular formula is C6H14N2O3. The third-order valence-corrected chi connectivity index (χ3v) is 1.34. The highest BCUT2D eigenvalue weighted by molar-refractivity contribution is 4.69. The molecule has 5 nitrogen and oxygen atoms in total. The van der Waals surface area contributed by atoms with Gasteiger partial charge in [0.1, 0.15) is 0 Å². The fourth-order valence-electron chi connectivity index (χ4n) is 0.538. The lowest BCUT2D eigenvalue weighted by molar-refractivity contribution is -0.558. The SMILES string of the molecule is CC(C)(CNCCO)[N+](=O)[O-]. The van der Waals surface area contributed by atoms with Gasteiger partial charge in [0.15, 0.2) is 0 Å². The summed E-state index contributed by atoms with van der Waals surface area (Å²) in [6, 6.07) is 0. The van der Waals surface area contributed by atoms with Gasteiger partial charge in [-0.3, -0.25) is 10.1 Å². The second-order valence-corrected chi connectivity index (χ2v) is 2.97. The molecule has 0 aliphatic heterocycles. The summed E-state index contributed by atoms with van der Waals surface area (Å²) in [6.07, 6.45) is 0. The van der Waals surface area contributed by atoms with Gasteiger partial charge in [-0.05, 0) is 0 Å². The minimum absolute atomic E-state index is 0.00773. The van der Waals surface area contributed by atoms with Crippen LogP contribution in [0, 0.1) is 10.1 Å². The largest absolute Gasteiger partial charge is 0.395 e. The average molecular weight is 162 g/mol. The van der Waals surface area contributed by atoms with Gasteiger partial charge in [0.2, 0.25) is 5.54 Å². The van der Waals surface area contributed by atoms with Crippen LogP contribution < -0.4 is 5.32 Å². The van der Waals surface area contributed by atoms with E-state index in [2.05, 4.69) is 5.32 Å². The minimum atomic E-state index is -0.949. The van der Waals surface area contributed by atoms with Crippen molar-refractivity contribution in [3.8, 4) is 0 Å². The molecule has 11 heavy (non-hydrogen) atoms. The Morgan fingerprint density at radius 1 is 1.64 bits per heavy atom. The third kappa shape index (κ3) is 3.90. The maximum atomic E-state index is 10.3. The zero-order chi connectivity index (χ0) is 8.91. The van der Waals surface area contributed by atoms with Crippen molar-refractivity contribution < 1.29 is 10.0 Å². The molecule has 2 N–H and O–H groups in total. The zero-order valence-corrected chi connectivity index (χ0v) is 6.83. The van der Waals surface area contributed by atoms with Crippen LogP contribution in [-0.2, 0) is 0 Å². The molecule has 0 bridgehead atoms. The fraction of sp³-hybridized carbons (Fsp3) is 1.00. The molecule has 0 aromatic rings. The second kappa shape index (κ2) is 4.25. The Bertz CT molecular complexity index is 136. The van der Waals surface area contributed by atoms with Gasteiger partial charge in [-0.2, -0.15) is 0 Å². The third-order valence-electron chi connectivity index (χ3n) is 1.34. The van der Waals surface area contributed by atoms with Crippen LogP contribution >= 0.6 is 0 Å². The molecule has 0 aromatic carbocycles. The number of aliphatic hydroxyl groups is 1. The Balaban J connectivity index is 3.64. The average Bonchev–Trinajstić information content (AvgIpc) is 1.88. The van der Waals surface area contributed by atoms with Gasteiger partial charge in [-0.1, -0.05) is 0 Å². The topological polar surface area (TPSA) is 75.4 Å². The van der Waals surface area contributed by atoms with Gasteiger partial charge in [-0.15, -0.1) is 0 Å². The normalized spacial score (nSPS) is 11.5. The summed E-state index contributed by atoms with van der Waals surface area (Å²) in [5.41, 5.74) is -0.949. The number of rotatable bonds is 5. The van der Waals surface area contributed by atoms with E-state index >= 15 is 0 Å². The van der Waals surface area contributed by atoms with Gasteiger partial charge in [0, 0.05) is 25.3 Å². The van der Waals surface area contributed by atoms with Crippen LogP contribution in [0.3, 0.4) is 0 Å². The Morgan fingerprint density at radius 3 is 2.55 bits per heavy atom. The van der Waals surface area contributed by atoms with Gasteiger partial charge in [-0.25, -0.2) is 0 Å². The van der Waals surface area contributed by atoms with Crippen molar-refractivity contribution in [2.24, 2.45) is 0 Å². The van der Waals surface area contributed by atoms with E-state index in [1.807, 2.05) is 0 Å². The lowest BCUT2D eigenvalue weighted by Crippen LogP contribution is -2.42. The first kappa shape index (κ1) is 10.3. The van der Waals surface area contributed by atoms with E-state index in [1.54, 1.807) is 0 Å². The maximum Gasteiger partial charge on any atom is 0.229 e. The number of nitrogens with one attached hydrogen (secondary N) is 1. The predicted octanol–water partition coefficient (Wildman–Crippen LogP) is -0.376. The van der Waals surface area contributed by atoms with Crippen LogP contribution in [0.25, 0.3) is 0 Å². The molecule has 0 saturated heterocycles. The smallest absolute Gasteiger partial charge is 0.229 e. The van der Waals surface area contributed by atoms with E-state index in [1.165, 1.54) is 13.8 Å². The quantitative estimate of drug-likeness (QED) is 0.328. The molecule has 66 valence electrons. The number of hydrogen-bond donors (Lipinski definition) is 2. The van der Waals surface area contributed by atoms with Crippen molar-refractivity contribution >= 4 is 0 Å². The predicted molar refractivity (Wildman–Crippen MR) is 41.0 cm³/mol. The molecule has 0 atom stereocenters. The van der Waals surface area contributed by atoms with Crippen LogP contribution in [0.4, 0.5) is 0 Å². The highest BCUT2D eigenvalue weighted by Gasteiger charge is 2.29. The summed E-state index contributed by atoms with van der Waals surface area (Å²) in [4.78, 5) is 9.98. The van der Waals surface area contributed by atoms with Crippen LogP contribution in [0.5, 0.6) is 0 Å². The lowest BCUT2D eigenvalue weighted by Gasteiger charge is -2.15. The Morgan fingerprint density at radius 2 is 2.18 bits per heavy atom. The monoisotopic (exact) mass is 162 g/mol. The van der Waals surface area contributed by atoms with Crippen molar-refractivity contribution in [3.05, 3.63) is 10.1 Å². The summed E-state index contributed by atoms with van der Waals surface area (Å²) in [5.74, 6) is 0. The molecule has 0 aliphatic rings. The minimum Gasteiger partial charge on any atom is -0.395 e. The molecule has 0 radical (unpaired) electrons. The van der Waals surface area contributed by atoms with Gasteiger partial charge >= 0.3 is 0 Å². The van der Waals surface area contributed by atoms with E-state index in [4.69, 9.17) is 5.11 Å². The first-order valence-corrected chi connectivity index (χ1v) is 3.47. The molecule has 0 amide bonds. The summed E-state index contributed by atoms with van der Waals surface area (Å²) in [7, 11) is 0. The Kier molecular flexibility index (Phi) is 3.99. The van der Waals surface area contributed by atoms with Crippen molar-refractivity contribution in [1.82, 2.24) is 5.32 Å². The second-order valence-electron chi connectivity index (χ2n) is 2.97. The zero-order valence-electron chi connectivity index (χ0n) is 6.83. The van der Waals surface area contributed by atoms with Crippen LogP contribution in [-0.4, -0.2) is 35.3 Å². The molecule has 0 fully saturated rings. The van der Waals surface area contributed by atoms with Crippen molar-refractivity contribution in [2.45, 2.75) is 19.4 Å². The van der Waals surface area contributed by atoms with E-state index in [0.29, 0.717) is 6.54 Å². The summed E-state index contributed by atoms with van der Waals surface area (Å²) >= 11 is 0. The highest BCUT2D eigenvalue weighted by Crippen LogP contribution is 2.04. The van der Waals surface area contributed by atoms with Gasteiger partial charge < -0.3 is 10.4 Å². The molecule has 0 rings (SSSR count). The number of nitro groups is 1. The fourth-order valence-corrected chi connectivity index (χ4v) is 0.538. The maximum absolute atomic E-state index is 10.3. The summed E-state index contributed by atoms with van der Waals surface area (Å²) in [6.45, 7) is 3.76. The summed E-state index contributed by atoms with van der Waals surface area (Å²) < 4.78 is 0. The van der Waals surface area contributed by atoms with E-state index in [9.17, 15) is 10.1 Å². The highest BCUT2D eigenvalue weighted by atomic mass is 16.6. The van der Waals surface area contributed by atoms with E-state index < -0.39 is 5.54 Å². The number of nitrogens with zero attached hydrogens (tertiary/aromatic N) is 1. The first-order valence-electron chi connectivity index (χ1n) is 3.47. The standard InChI is InChI=1S/C6H14N2O3/c1-6(2,8(10)11)5-7-3-4-9/h7,9H,3-5H2,1-2H3. The van der Waals surface area contributed by atoms with Crippen molar-refractivity contribution in [2.75, 3.05) is 19.7 Å². The number of hydrogen-bond acceptors (Lipinski definition) is 4.